The van der Waals surface area contributed by atoms with Crippen molar-refractivity contribution in [1.29, 1.82) is 0 Å². The number of ether oxygens (including phenoxy) is 1. The summed E-state index contributed by atoms with van der Waals surface area (Å²) >= 11 is 0. The van der Waals surface area contributed by atoms with Crippen LogP contribution in [-0.4, -0.2) is 28.1 Å². The third kappa shape index (κ3) is 4.92. The van der Waals surface area contributed by atoms with Crippen molar-refractivity contribution < 1.29 is 22.7 Å². The van der Waals surface area contributed by atoms with E-state index in [4.69, 9.17) is 4.74 Å². The molecule has 0 N–H and O–H groups in total. The zero-order chi connectivity index (χ0) is 25.4. The topological polar surface area (TPSA) is 57.0 Å². The van der Waals surface area contributed by atoms with Gasteiger partial charge >= 0.3 is 12.1 Å². The van der Waals surface area contributed by atoms with Crippen LogP contribution in [0.15, 0.2) is 60.7 Å². The van der Waals surface area contributed by atoms with Gasteiger partial charge in [-0.05, 0) is 59.9 Å². The van der Waals surface area contributed by atoms with E-state index < -0.39 is 17.2 Å². The lowest BCUT2D eigenvalue weighted by atomic mass is 9.75. The van der Waals surface area contributed by atoms with Crippen LogP contribution in [0.25, 0.3) is 16.7 Å². The summed E-state index contributed by atoms with van der Waals surface area (Å²) in [6.07, 6.45) is -3.82. The molecule has 1 aromatic heterocycles. The number of rotatable bonds is 6. The number of methoxy groups -OCH3 is 1. The van der Waals surface area contributed by atoms with Crippen molar-refractivity contribution in [1.82, 2.24) is 15.0 Å². The number of carbonyl (C=O) groups is 1. The van der Waals surface area contributed by atoms with Crippen LogP contribution < -0.4 is 0 Å². The van der Waals surface area contributed by atoms with Gasteiger partial charge in [-0.1, -0.05) is 50.2 Å². The van der Waals surface area contributed by atoms with Crippen molar-refractivity contribution in [2.24, 2.45) is 0 Å². The molecule has 8 heteroatoms. The number of aryl methyl sites for hydroxylation is 1. The van der Waals surface area contributed by atoms with Crippen LogP contribution >= 0.6 is 0 Å². The fourth-order valence-electron chi connectivity index (χ4n) is 4.32. The summed E-state index contributed by atoms with van der Waals surface area (Å²) in [7, 11) is 1.35. The number of benzene rings is 3. The standard InChI is InChI=1S/C27H26F3N3O2/c1-17-21(26(2,3)19-8-6-5-7-9-19)14-18(10-13-25(34)35-4)15-24(17)33-31-22-12-11-20(27(28,29)30)16-23(22)32-33/h5-9,11-12,14-16H,10,13H2,1-4H3. The summed E-state index contributed by atoms with van der Waals surface area (Å²) in [6.45, 7) is 6.18. The average molecular weight is 482 g/mol. The summed E-state index contributed by atoms with van der Waals surface area (Å²) in [5, 5.41) is 8.84. The van der Waals surface area contributed by atoms with E-state index in [2.05, 4.69) is 42.2 Å². The number of carbonyl (C=O) groups excluding carboxylic acids is 1. The van der Waals surface area contributed by atoms with Gasteiger partial charge in [0, 0.05) is 11.8 Å². The molecule has 0 atom stereocenters. The average Bonchev–Trinajstić information content (AvgIpc) is 3.26. The fraction of sp³-hybridized carbons (Fsp3) is 0.296. The van der Waals surface area contributed by atoms with Crippen molar-refractivity contribution in [3.63, 3.8) is 0 Å². The van der Waals surface area contributed by atoms with Crippen LogP contribution in [0.1, 0.15) is 48.1 Å². The van der Waals surface area contributed by atoms with Gasteiger partial charge in [0.1, 0.15) is 11.0 Å². The molecule has 0 aliphatic heterocycles. The van der Waals surface area contributed by atoms with Gasteiger partial charge in [-0.2, -0.15) is 18.0 Å². The van der Waals surface area contributed by atoms with Crippen LogP contribution in [0.5, 0.6) is 0 Å². The first-order valence-electron chi connectivity index (χ1n) is 11.2. The molecule has 0 amide bonds. The zero-order valence-corrected chi connectivity index (χ0v) is 20.0. The number of hydrogen-bond acceptors (Lipinski definition) is 4. The van der Waals surface area contributed by atoms with Crippen LogP contribution in [-0.2, 0) is 27.5 Å². The van der Waals surface area contributed by atoms with E-state index in [9.17, 15) is 18.0 Å². The van der Waals surface area contributed by atoms with Gasteiger partial charge < -0.3 is 4.74 Å². The molecule has 0 radical (unpaired) electrons. The maximum Gasteiger partial charge on any atom is 0.416 e. The summed E-state index contributed by atoms with van der Waals surface area (Å²) in [5.41, 5.74) is 3.90. The second-order valence-electron chi connectivity index (χ2n) is 9.05. The predicted octanol–water partition coefficient (Wildman–Crippen LogP) is 6.18. The van der Waals surface area contributed by atoms with E-state index in [1.54, 1.807) is 0 Å². The maximum atomic E-state index is 13.2. The van der Waals surface area contributed by atoms with E-state index in [0.717, 1.165) is 34.4 Å². The van der Waals surface area contributed by atoms with Crippen LogP contribution in [0.2, 0.25) is 0 Å². The van der Waals surface area contributed by atoms with Crippen molar-refractivity contribution in [3.8, 4) is 5.69 Å². The largest absolute Gasteiger partial charge is 0.469 e. The molecule has 4 aromatic rings. The van der Waals surface area contributed by atoms with Gasteiger partial charge in [0.05, 0.1) is 18.4 Å². The molecule has 0 fully saturated rings. The van der Waals surface area contributed by atoms with Gasteiger partial charge in [-0.15, -0.1) is 10.2 Å². The predicted molar refractivity (Wildman–Crippen MR) is 128 cm³/mol. The first-order valence-corrected chi connectivity index (χ1v) is 11.2. The third-order valence-electron chi connectivity index (χ3n) is 6.38. The smallest absolute Gasteiger partial charge is 0.416 e. The van der Waals surface area contributed by atoms with Crippen LogP contribution in [0, 0.1) is 6.92 Å². The fourth-order valence-corrected chi connectivity index (χ4v) is 4.32. The van der Waals surface area contributed by atoms with Gasteiger partial charge in [0.2, 0.25) is 0 Å². The molecule has 182 valence electrons. The summed E-state index contributed by atoms with van der Waals surface area (Å²) in [5.74, 6) is -0.321. The Kier molecular flexibility index (Phi) is 6.40. The molecule has 0 saturated carbocycles. The van der Waals surface area contributed by atoms with Crippen LogP contribution in [0.3, 0.4) is 0 Å². The minimum absolute atomic E-state index is 0.156. The maximum absolute atomic E-state index is 13.2. The normalized spacial score (nSPS) is 12.2. The van der Waals surface area contributed by atoms with Crippen molar-refractivity contribution in [2.75, 3.05) is 7.11 Å². The van der Waals surface area contributed by atoms with E-state index >= 15 is 0 Å². The number of fused-ring (bicyclic) bond motifs is 1. The lowest BCUT2D eigenvalue weighted by Crippen LogP contribution is -2.22. The molecule has 0 aliphatic rings. The van der Waals surface area contributed by atoms with E-state index in [1.807, 2.05) is 31.2 Å². The van der Waals surface area contributed by atoms with E-state index in [1.165, 1.54) is 18.0 Å². The van der Waals surface area contributed by atoms with E-state index in [0.29, 0.717) is 17.6 Å². The Morgan fingerprint density at radius 2 is 1.63 bits per heavy atom. The van der Waals surface area contributed by atoms with Crippen molar-refractivity contribution in [2.45, 2.75) is 45.2 Å². The van der Waals surface area contributed by atoms with Gasteiger partial charge in [-0.3, -0.25) is 4.79 Å². The lowest BCUT2D eigenvalue weighted by molar-refractivity contribution is -0.140. The Morgan fingerprint density at radius 1 is 0.943 bits per heavy atom. The Bertz CT molecular complexity index is 1380. The number of hydrogen-bond donors (Lipinski definition) is 0. The Labute approximate surface area is 201 Å². The highest BCUT2D eigenvalue weighted by molar-refractivity contribution is 5.75. The highest BCUT2D eigenvalue weighted by Crippen LogP contribution is 2.37. The molecular formula is C27H26F3N3O2. The minimum Gasteiger partial charge on any atom is -0.469 e. The number of nitrogens with zero attached hydrogens (tertiary/aromatic N) is 3. The highest BCUT2D eigenvalue weighted by atomic mass is 19.4. The van der Waals surface area contributed by atoms with E-state index in [-0.39, 0.29) is 17.9 Å². The Hall–Kier alpha value is -3.68. The molecular weight excluding hydrogens is 455 g/mol. The first-order chi connectivity index (χ1) is 16.5. The zero-order valence-electron chi connectivity index (χ0n) is 20.0. The molecule has 35 heavy (non-hydrogen) atoms. The molecule has 0 spiro atoms. The van der Waals surface area contributed by atoms with Crippen molar-refractivity contribution in [3.05, 3.63) is 88.5 Å². The van der Waals surface area contributed by atoms with Crippen molar-refractivity contribution >= 4 is 17.0 Å². The molecule has 0 bridgehead atoms. The van der Waals surface area contributed by atoms with Gasteiger partial charge in [0.15, 0.2) is 0 Å². The van der Waals surface area contributed by atoms with Gasteiger partial charge in [0.25, 0.3) is 0 Å². The quantitative estimate of drug-likeness (QED) is 0.309. The molecule has 4 rings (SSSR count). The molecule has 5 nitrogen and oxygen atoms in total. The number of esters is 1. The monoisotopic (exact) mass is 481 g/mol. The summed E-state index contributed by atoms with van der Waals surface area (Å²) in [4.78, 5) is 13.2. The molecule has 3 aromatic carbocycles. The Balaban J connectivity index is 1.87. The number of halogens is 3. The van der Waals surface area contributed by atoms with Crippen LogP contribution in [0.4, 0.5) is 13.2 Å². The molecule has 0 unspecified atom stereocenters. The second-order valence-corrected chi connectivity index (χ2v) is 9.05. The number of aromatic nitrogens is 3. The second kappa shape index (κ2) is 9.17. The Morgan fingerprint density at radius 3 is 2.29 bits per heavy atom. The first kappa shape index (κ1) is 24.4. The molecule has 0 aliphatic carbocycles. The SMILES string of the molecule is COC(=O)CCc1cc(-n2nc3ccc(C(F)(F)F)cc3n2)c(C)c(C(C)(C)c2ccccc2)c1. The molecule has 0 saturated heterocycles. The summed E-state index contributed by atoms with van der Waals surface area (Å²) in [6, 6.07) is 17.3. The highest BCUT2D eigenvalue weighted by Gasteiger charge is 2.31. The number of alkyl halides is 3. The lowest BCUT2D eigenvalue weighted by Gasteiger charge is -2.29. The third-order valence-corrected chi connectivity index (χ3v) is 6.38. The summed E-state index contributed by atoms with van der Waals surface area (Å²) < 4.78 is 44.4. The minimum atomic E-state index is -4.46. The molecule has 1 heterocycles. The van der Waals surface area contributed by atoms with Gasteiger partial charge in [-0.25, -0.2) is 0 Å².